The van der Waals surface area contributed by atoms with Gasteiger partial charge in [0, 0.05) is 18.3 Å². The lowest BCUT2D eigenvalue weighted by molar-refractivity contribution is -0.125. The normalized spacial score (nSPS) is 16.8. The number of aromatic nitrogens is 2. The molecule has 1 atom stereocenters. The van der Waals surface area contributed by atoms with E-state index < -0.39 is 0 Å². The molecule has 1 fully saturated rings. The van der Waals surface area contributed by atoms with Gasteiger partial charge in [-0.1, -0.05) is 12.1 Å². The number of anilines is 1. The van der Waals surface area contributed by atoms with Gasteiger partial charge in [0.2, 0.25) is 11.8 Å². The first kappa shape index (κ1) is 15.8. The van der Waals surface area contributed by atoms with E-state index >= 15 is 0 Å². The third kappa shape index (κ3) is 3.62. The largest absolute Gasteiger partial charge is 0.321 e. The van der Waals surface area contributed by atoms with Crippen molar-refractivity contribution in [3.05, 3.63) is 53.6 Å². The smallest absolute Gasteiger partial charge is 0.275 e. The number of carbonyl (C=O) groups excluding carboxylic acids is 3. The Bertz CT molecular complexity index is 784. The summed E-state index contributed by atoms with van der Waals surface area (Å²) in [5.41, 5.74) is 2.53. The Balaban J connectivity index is 1.62. The summed E-state index contributed by atoms with van der Waals surface area (Å²) in [4.78, 5) is 42.9. The number of nitrogens with one attached hydrogen (secondary N) is 2. The number of imide groups is 1. The molecule has 0 bridgehead atoms. The third-order valence-electron chi connectivity index (χ3n) is 3.77. The van der Waals surface area contributed by atoms with Crippen molar-refractivity contribution in [2.75, 3.05) is 5.32 Å². The molecule has 1 saturated heterocycles. The second-order valence-electron chi connectivity index (χ2n) is 5.71. The summed E-state index contributed by atoms with van der Waals surface area (Å²) >= 11 is 0. The molecular weight excluding hydrogens is 308 g/mol. The molecule has 7 heteroatoms. The molecule has 2 N–H and O–H groups in total. The molecule has 1 aromatic heterocycles. The van der Waals surface area contributed by atoms with Crippen LogP contribution >= 0.6 is 0 Å². The Hall–Kier alpha value is -3.09. The van der Waals surface area contributed by atoms with E-state index in [0.717, 1.165) is 11.3 Å². The summed E-state index contributed by atoms with van der Waals surface area (Å²) < 4.78 is 0. The summed E-state index contributed by atoms with van der Waals surface area (Å²) in [5, 5.41) is 5.04. The second kappa shape index (κ2) is 6.57. The first-order valence-electron chi connectivity index (χ1n) is 7.54. The fourth-order valence-corrected chi connectivity index (χ4v) is 2.49. The van der Waals surface area contributed by atoms with Gasteiger partial charge in [-0.25, -0.2) is 4.98 Å². The monoisotopic (exact) mass is 324 g/mol. The van der Waals surface area contributed by atoms with Crippen LogP contribution in [0.2, 0.25) is 0 Å². The summed E-state index contributed by atoms with van der Waals surface area (Å²) in [6.07, 6.45) is 3.68. The average Bonchev–Trinajstić information content (AvgIpc) is 2.87. The highest BCUT2D eigenvalue weighted by atomic mass is 16.2. The van der Waals surface area contributed by atoms with Gasteiger partial charge in [-0.2, -0.15) is 0 Å². The molecule has 2 heterocycles. The fourth-order valence-electron chi connectivity index (χ4n) is 2.49. The molecule has 2 aromatic rings. The molecule has 3 rings (SSSR count). The number of carbonyl (C=O) groups is 3. The number of amides is 3. The number of hydrogen-bond donors (Lipinski definition) is 2. The van der Waals surface area contributed by atoms with Crippen LogP contribution in [0.1, 0.15) is 28.2 Å². The standard InChI is InChI=1S/C17H16N4O3/c1-10-8-19-14(9-18-10)17(24)20-13-4-2-11(3-5-13)6-12-7-15(22)21-16(12)23/h2-5,8-9,12H,6-7H2,1H3,(H,20,24)(H,21,22,23). The molecule has 0 radical (unpaired) electrons. The minimum atomic E-state index is -0.337. The van der Waals surface area contributed by atoms with Crippen molar-refractivity contribution in [2.45, 2.75) is 19.8 Å². The van der Waals surface area contributed by atoms with E-state index in [1.54, 1.807) is 19.1 Å². The predicted octanol–water partition coefficient (Wildman–Crippen LogP) is 1.24. The van der Waals surface area contributed by atoms with Crippen LogP contribution in [-0.4, -0.2) is 27.7 Å². The van der Waals surface area contributed by atoms with Crippen LogP contribution in [0.3, 0.4) is 0 Å². The maximum absolute atomic E-state index is 12.1. The molecule has 3 amide bonds. The molecule has 0 aliphatic carbocycles. The zero-order valence-corrected chi connectivity index (χ0v) is 13.1. The van der Waals surface area contributed by atoms with Crippen LogP contribution in [0.15, 0.2) is 36.7 Å². The summed E-state index contributed by atoms with van der Waals surface area (Å²) in [6, 6.07) is 7.16. The number of hydrogen-bond acceptors (Lipinski definition) is 5. The van der Waals surface area contributed by atoms with Crippen molar-refractivity contribution in [2.24, 2.45) is 5.92 Å². The summed E-state index contributed by atoms with van der Waals surface area (Å²) in [5.74, 6) is -1.11. The first-order chi connectivity index (χ1) is 11.5. The Morgan fingerprint density at radius 2 is 1.96 bits per heavy atom. The van der Waals surface area contributed by atoms with Gasteiger partial charge in [-0.3, -0.25) is 24.7 Å². The highest BCUT2D eigenvalue weighted by Crippen LogP contribution is 2.19. The van der Waals surface area contributed by atoms with Crippen LogP contribution in [0.25, 0.3) is 0 Å². The zero-order chi connectivity index (χ0) is 17.1. The molecule has 24 heavy (non-hydrogen) atoms. The van der Waals surface area contributed by atoms with Crippen LogP contribution in [-0.2, 0) is 16.0 Å². The van der Waals surface area contributed by atoms with Crippen molar-refractivity contribution < 1.29 is 14.4 Å². The van der Waals surface area contributed by atoms with Gasteiger partial charge in [0.15, 0.2) is 0 Å². The van der Waals surface area contributed by atoms with Crippen LogP contribution < -0.4 is 10.6 Å². The minimum absolute atomic E-state index is 0.226. The molecule has 0 spiro atoms. The Kier molecular flexibility index (Phi) is 4.33. The van der Waals surface area contributed by atoms with E-state index in [1.807, 2.05) is 12.1 Å². The minimum Gasteiger partial charge on any atom is -0.321 e. The van der Waals surface area contributed by atoms with Crippen LogP contribution in [0.5, 0.6) is 0 Å². The van der Waals surface area contributed by atoms with Crippen LogP contribution in [0.4, 0.5) is 5.69 Å². The first-order valence-corrected chi connectivity index (χ1v) is 7.54. The lowest BCUT2D eigenvalue weighted by Crippen LogP contribution is -2.22. The van der Waals surface area contributed by atoms with E-state index in [9.17, 15) is 14.4 Å². The van der Waals surface area contributed by atoms with Gasteiger partial charge in [-0.15, -0.1) is 0 Å². The molecule has 1 aliphatic heterocycles. The van der Waals surface area contributed by atoms with Crippen molar-refractivity contribution in [1.82, 2.24) is 15.3 Å². The molecular formula is C17H16N4O3. The van der Waals surface area contributed by atoms with Gasteiger partial charge >= 0.3 is 0 Å². The lowest BCUT2D eigenvalue weighted by atomic mass is 9.98. The van der Waals surface area contributed by atoms with Gasteiger partial charge in [-0.05, 0) is 31.0 Å². The Morgan fingerprint density at radius 3 is 2.54 bits per heavy atom. The lowest BCUT2D eigenvalue weighted by Gasteiger charge is -2.08. The SMILES string of the molecule is Cc1cnc(C(=O)Nc2ccc(CC3CC(=O)NC3=O)cc2)cn1. The van der Waals surface area contributed by atoms with Crippen LogP contribution in [0, 0.1) is 12.8 Å². The topological polar surface area (TPSA) is 101 Å². The molecule has 0 saturated carbocycles. The van der Waals surface area contributed by atoms with Crippen molar-refractivity contribution in [3.8, 4) is 0 Å². The number of nitrogens with zero attached hydrogens (tertiary/aromatic N) is 2. The molecule has 1 aromatic carbocycles. The quantitative estimate of drug-likeness (QED) is 0.824. The molecule has 1 aliphatic rings. The maximum atomic E-state index is 12.1. The molecule has 7 nitrogen and oxygen atoms in total. The van der Waals surface area contributed by atoms with Crippen molar-refractivity contribution in [1.29, 1.82) is 0 Å². The van der Waals surface area contributed by atoms with Gasteiger partial charge in [0.25, 0.3) is 5.91 Å². The number of benzene rings is 1. The second-order valence-corrected chi connectivity index (χ2v) is 5.71. The van der Waals surface area contributed by atoms with E-state index in [4.69, 9.17) is 0 Å². The highest BCUT2D eigenvalue weighted by Gasteiger charge is 2.30. The van der Waals surface area contributed by atoms with Gasteiger partial charge in [0.05, 0.1) is 17.8 Å². The van der Waals surface area contributed by atoms with E-state index in [2.05, 4.69) is 20.6 Å². The van der Waals surface area contributed by atoms with Crippen molar-refractivity contribution in [3.63, 3.8) is 0 Å². The number of rotatable bonds is 4. The average molecular weight is 324 g/mol. The van der Waals surface area contributed by atoms with E-state index in [1.165, 1.54) is 12.4 Å². The highest BCUT2D eigenvalue weighted by molar-refractivity contribution is 6.03. The predicted molar refractivity (Wildman–Crippen MR) is 86.1 cm³/mol. The molecule has 1 unspecified atom stereocenters. The molecule has 122 valence electrons. The third-order valence-corrected chi connectivity index (χ3v) is 3.77. The van der Waals surface area contributed by atoms with E-state index in [0.29, 0.717) is 12.1 Å². The fraction of sp³-hybridized carbons (Fsp3) is 0.235. The Labute approximate surface area is 138 Å². The number of aryl methyl sites for hydroxylation is 1. The zero-order valence-electron chi connectivity index (χ0n) is 13.1. The summed E-state index contributed by atoms with van der Waals surface area (Å²) in [6.45, 7) is 1.80. The van der Waals surface area contributed by atoms with Gasteiger partial charge < -0.3 is 5.32 Å². The maximum Gasteiger partial charge on any atom is 0.275 e. The van der Waals surface area contributed by atoms with Gasteiger partial charge in [0.1, 0.15) is 5.69 Å². The van der Waals surface area contributed by atoms with E-state index in [-0.39, 0.29) is 35.8 Å². The van der Waals surface area contributed by atoms with Crippen molar-refractivity contribution >= 4 is 23.4 Å². The Morgan fingerprint density at radius 1 is 1.21 bits per heavy atom. The summed E-state index contributed by atoms with van der Waals surface area (Å²) in [7, 11) is 0.